The summed E-state index contributed by atoms with van der Waals surface area (Å²) in [6.45, 7) is 1.11. The van der Waals surface area contributed by atoms with Crippen LogP contribution < -0.4 is 10.2 Å². The largest absolute Gasteiger partial charge is 0.480 e. The SMILES string of the molecule is COCCNc1cc(N(C)CC(=O)O)ncn1. The van der Waals surface area contributed by atoms with Crippen LogP contribution in [0.5, 0.6) is 0 Å². The molecule has 7 nitrogen and oxygen atoms in total. The first-order valence-electron chi connectivity index (χ1n) is 5.11. The zero-order valence-electron chi connectivity index (χ0n) is 9.88. The second-order valence-electron chi connectivity index (χ2n) is 3.43. The van der Waals surface area contributed by atoms with Crippen LogP contribution in [-0.4, -0.2) is 54.9 Å². The predicted octanol–water partition coefficient (Wildman–Crippen LogP) is 0.0557. The van der Waals surface area contributed by atoms with Gasteiger partial charge in [0.1, 0.15) is 24.5 Å². The van der Waals surface area contributed by atoms with E-state index >= 15 is 0 Å². The van der Waals surface area contributed by atoms with E-state index in [1.807, 2.05) is 0 Å². The van der Waals surface area contributed by atoms with Crippen molar-refractivity contribution >= 4 is 17.6 Å². The number of ether oxygens (including phenoxy) is 1. The van der Waals surface area contributed by atoms with Gasteiger partial charge in [-0.25, -0.2) is 9.97 Å². The van der Waals surface area contributed by atoms with Crippen molar-refractivity contribution in [1.82, 2.24) is 9.97 Å². The number of carboxylic acids is 1. The van der Waals surface area contributed by atoms with E-state index in [2.05, 4.69) is 15.3 Å². The lowest BCUT2D eigenvalue weighted by Gasteiger charge is -2.15. The first-order valence-corrected chi connectivity index (χ1v) is 5.11. The molecule has 2 N–H and O–H groups in total. The number of carboxylic acid groups (broad SMARTS) is 1. The molecule has 0 amide bonds. The van der Waals surface area contributed by atoms with Gasteiger partial charge in [0.25, 0.3) is 0 Å². The second kappa shape index (κ2) is 6.64. The number of hydrogen-bond donors (Lipinski definition) is 2. The minimum atomic E-state index is -0.903. The molecule has 0 aliphatic rings. The van der Waals surface area contributed by atoms with Crippen LogP contribution in [0.4, 0.5) is 11.6 Å². The van der Waals surface area contributed by atoms with Gasteiger partial charge in [0.15, 0.2) is 0 Å². The van der Waals surface area contributed by atoms with Crippen molar-refractivity contribution in [3.8, 4) is 0 Å². The summed E-state index contributed by atoms with van der Waals surface area (Å²) in [6, 6.07) is 1.69. The predicted molar refractivity (Wildman–Crippen MR) is 63.3 cm³/mol. The summed E-state index contributed by atoms with van der Waals surface area (Å²) in [6.07, 6.45) is 1.39. The fourth-order valence-corrected chi connectivity index (χ4v) is 1.22. The third-order valence-electron chi connectivity index (χ3n) is 2.03. The molecule has 1 aromatic rings. The van der Waals surface area contributed by atoms with Crippen molar-refractivity contribution in [3.05, 3.63) is 12.4 Å². The normalized spacial score (nSPS) is 10.0. The summed E-state index contributed by atoms with van der Waals surface area (Å²) in [4.78, 5) is 20.1. The van der Waals surface area contributed by atoms with Crippen molar-refractivity contribution in [2.24, 2.45) is 0 Å². The first-order chi connectivity index (χ1) is 8.13. The molecule has 0 unspecified atom stereocenters. The van der Waals surface area contributed by atoms with Gasteiger partial charge in [-0.05, 0) is 0 Å². The average Bonchev–Trinajstić information content (AvgIpc) is 2.29. The maximum absolute atomic E-state index is 10.6. The highest BCUT2D eigenvalue weighted by atomic mass is 16.5. The van der Waals surface area contributed by atoms with E-state index in [0.717, 1.165) is 0 Å². The van der Waals surface area contributed by atoms with Gasteiger partial charge in [-0.15, -0.1) is 0 Å². The molecule has 0 spiro atoms. The van der Waals surface area contributed by atoms with Gasteiger partial charge in [-0.2, -0.15) is 0 Å². The van der Waals surface area contributed by atoms with Gasteiger partial charge in [0, 0.05) is 26.8 Å². The van der Waals surface area contributed by atoms with Crippen LogP contribution >= 0.6 is 0 Å². The van der Waals surface area contributed by atoms with Gasteiger partial charge in [-0.3, -0.25) is 4.79 Å². The van der Waals surface area contributed by atoms with Crippen molar-refractivity contribution in [2.45, 2.75) is 0 Å². The zero-order chi connectivity index (χ0) is 12.7. The molecule has 0 saturated carbocycles. The average molecular weight is 240 g/mol. The third kappa shape index (κ3) is 4.64. The molecule has 1 rings (SSSR count). The molecule has 0 fully saturated rings. The van der Waals surface area contributed by atoms with Gasteiger partial charge in [0.05, 0.1) is 6.61 Å². The lowest BCUT2D eigenvalue weighted by Crippen LogP contribution is -2.26. The summed E-state index contributed by atoms with van der Waals surface area (Å²) in [7, 11) is 3.28. The summed E-state index contributed by atoms with van der Waals surface area (Å²) in [5.41, 5.74) is 0. The summed E-state index contributed by atoms with van der Waals surface area (Å²) in [5.74, 6) is 0.298. The van der Waals surface area contributed by atoms with Crippen LogP contribution in [0, 0.1) is 0 Å². The number of anilines is 2. The van der Waals surface area contributed by atoms with Crippen LogP contribution in [-0.2, 0) is 9.53 Å². The number of nitrogens with zero attached hydrogens (tertiary/aromatic N) is 3. The number of nitrogens with one attached hydrogen (secondary N) is 1. The topological polar surface area (TPSA) is 87.6 Å². The van der Waals surface area contributed by atoms with E-state index in [1.165, 1.54) is 11.2 Å². The molecule has 0 radical (unpaired) electrons. The third-order valence-corrected chi connectivity index (χ3v) is 2.03. The standard InChI is InChI=1S/C10H16N4O3/c1-14(6-10(15)16)9-5-8(12-7-13-9)11-3-4-17-2/h5,7H,3-4,6H2,1-2H3,(H,15,16)(H,11,12,13). The number of carbonyl (C=O) groups is 1. The first kappa shape index (κ1) is 13.2. The molecule has 1 aromatic heterocycles. The van der Waals surface area contributed by atoms with E-state index in [1.54, 1.807) is 20.2 Å². The van der Waals surface area contributed by atoms with Crippen LogP contribution in [0.15, 0.2) is 12.4 Å². The maximum atomic E-state index is 10.6. The minimum absolute atomic E-state index is 0.103. The van der Waals surface area contributed by atoms with Gasteiger partial charge >= 0.3 is 5.97 Å². The Bertz CT molecular complexity index is 372. The zero-order valence-corrected chi connectivity index (χ0v) is 9.88. The molecular formula is C10H16N4O3. The Hall–Kier alpha value is -1.89. The van der Waals surface area contributed by atoms with E-state index < -0.39 is 5.97 Å². The highest BCUT2D eigenvalue weighted by Crippen LogP contribution is 2.11. The van der Waals surface area contributed by atoms with Crippen molar-refractivity contribution in [3.63, 3.8) is 0 Å². The molecule has 0 bridgehead atoms. The molecule has 0 aliphatic carbocycles. The molecule has 1 heterocycles. The number of aliphatic carboxylic acids is 1. The number of likely N-dealkylation sites (N-methyl/N-ethyl adjacent to an activating group) is 1. The number of aromatic nitrogens is 2. The van der Waals surface area contributed by atoms with Gasteiger partial charge in [-0.1, -0.05) is 0 Å². The van der Waals surface area contributed by atoms with Crippen LogP contribution in [0.2, 0.25) is 0 Å². The molecule has 94 valence electrons. The quantitative estimate of drug-likeness (QED) is 0.651. The van der Waals surface area contributed by atoms with Crippen molar-refractivity contribution in [1.29, 1.82) is 0 Å². The molecule has 0 saturated heterocycles. The van der Waals surface area contributed by atoms with Crippen LogP contribution in [0.25, 0.3) is 0 Å². The number of rotatable bonds is 7. The summed E-state index contributed by atoms with van der Waals surface area (Å²) < 4.78 is 4.90. The molecule has 0 aliphatic heterocycles. The minimum Gasteiger partial charge on any atom is -0.480 e. The Kier molecular flexibility index (Phi) is 5.15. The Labute approximate surface area is 99.4 Å². The van der Waals surface area contributed by atoms with Crippen molar-refractivity contribution in [2.75, 3.05) is 44.1 Å². The molecule has 17 heavy (non-hydrogen) atoms. The van der Waals surface area contributed by atoms with Crippen LogP contribution in [0.1, 0.15) is 0 Å². The van der Waals surface area contributed by atoms with Gasteiger partial charge in [0.2, 0.25) is 0 Å². The highest BCUT2D eigenvalue weighted by Gasteiger charge is 2.07. The Morgan fingerprint density at radius 2 is 2.35 bits per heavy atom. The fraction of sp³-hybridized carbons (Fsp3) is 0.500. The lowest BCUT2D eigenvalue weighted by molar-refractivity contribution is -0.135. The molecule has 0 aromatic carbocycles. The summed E-state index contributed by atoms with van der Waals surface area (Å²) >= 11 is 0. The van der Waals surface area contributed by atoms with Gasteiger partial charge < -0.3 is 20.1 Å². The van der Waals surface area contributed by atoms with E-state index in [9.17, 15) is 4.79 Å². The second-order valence-corrected chi connectivity index (χ2v) is 3.43. The fourth-order valence-electron chi connectivity index (χ4n) is 1.22. The Morgan fingerprint density at radius 1 is 1.59 bits per heavy atom. The number of hydrogen-bond acceptors (Lipinski definition) is 6. The van der Waals surface area contributed by atoms with Crippen molar-refractivity contribution < 1.29 is 14.6 Å². The Balaban J connectivity index is 2.61. The molecule has 7 heteroatoms. The maximum Gasteiger partial charge on any atom is 0.323 e. The van der Waals surface area contributed by atoms with E-state index in [4.69, 9.17) is 9.84 Å². The molecule has 0 atom stereocenters. The molecular weight excluding hydrogens is 224 g/mol. The van der Waals surface area contributed by atoms with E-state index in [0.29, 0.717) is 24.8 Å². The Morgan fingerprint density at radius 3 is 3.00 bits per heavy atom. The summed E-state index contributed by atoms with van der Waals surface area (Å²) in [5, 5.41) is 11.7. The number of methoxy groups -OCH3 is 1. The van der Waals surface area contributed by atoms with E-state index in [-0.39, 0.29) is 6.54 Å². The monoisotopic (exact) mass is 240 g/mol. The highest BCUT2D eigenvalue weighted by molar-refractivity contribution is 5.73. The smallest absolute Gasteiger partial charge is 0.323 e. The lowest BCUT2D eigenvalue weighted by atomic mass is 10.4. The van der Waals surface area contributed by atoms with Crippen LogP contribution in [0.3, 0.4) is 0 Å².